The van der Waals surface area contributed by atoms with E-state index in [0.29, 0.717) is 0 Å². The van der Waals surface area contributed by atoms with Crippen molar-refractivity contribution in [3.05, 3.63) is 60.7 Å². The van der Waals surface area contributed by atoms with Gasteiger partial charge < -0.3 is 9.47 Å². The van der Waals surface area contributed by atoms with Gasteiger partial charge in [-0.2, -0.15) is 0 Å². The Bertz CT molecular complexity index is 460. The first-order valence-electron chi connectivity index (χ1n) is 7.54. The molecule has 0 N–H and O–H groups in total. The van der Waals surface area contributed by atoms with Crippen molar-refractivity contribution < 1.29 is 9.47 Å². The van der Waals surface area contributed by atoms with Crippen molar-refractivity contribution in [2.75, 3.05) is 24.7 Å². The molecule has 0 fully saturated rings. The first-order valence-corrected chi connectivity index (χ1v) is 9.93. The van der Waals surface area contributed by atoms with Gasteiger partial charge in [0.25, 0.3) is 0 Å². The van der Waals surface area contributed by atoms with Crippen molar-refractivity contribution >= 4 is 20.8 Å². The van der Waals surface area contributed by atoms with E-state index >= 15 is 0 Å². The van der Waals surface area contributed by atoms with Gasteiger partial charge in [0.05, 0.1) is 13.2 Å². The van der Waals surface area contributed by atoms with Gasteiger partial charge in [-0.3, -0.25) is 0 Å². The first-order chi connectivity index (χ1) is 10.8. The van der Waals surface area contributed by atoms with E-state index in [4.69, 9.17) is 20.2 Å². The van der Waals surface area contributed by atoms with Crippen molar-refractivity contribution in [1.82, 2.24) is 0 Å². The largest absolute Gasteiger partial charge is 0.493 e. The molecule has 0 aliphatic carbocycles. The second-order valence-electron chi connectivity index (χ2n) is 4.86. The first kappa shape index (κ1) is 17.0. The molecule has 0 amide bonds. The molecular formula is C18H22ClO2S+. The van der Waals surface area contributed by atoms with Gasteiger partial charge in [0.1, 0.15) is 33.1 Å². The SMILES string of the molecule is Cl[S+](CCCOc1ccccc1)CCCOc1ccccc1. The number of ether oxygens (including phenoxy) is 2. The minimum atomic E-state index is -0.0736. The van der Waals surface area contributed by atoms with Gasteiger partial charge in [0.15, 0.2) is 10.7 Å². The molecule has 0 radical (unpaired) electrons. The third-order valence-electron chi connectivity index (χ3n) is 3.04. The highest BCUT2D eigenvalue weighted by Crippen LogP contribution is 2.12. The van der Waals surface area contributed by atoms with Crippen LogP contribution in [0.15, 0.2) is 60.7 Å². The van der Waals surface area contributed by atoms with Crippen molar-refractivity contribution in [2.24, 2.45) is 0 Å². The van der Waals surface area contributed by atoms with Crippen LogP contribution in [0.1, 0.15) is 12.8 Å². The Balaban J connectivity index is 1.48. The Kier molecular flexibility index (Phi) is 8.07. The number of hydrogen-bond acceptors (Lipinski definition) is 2. The summed E-state index contributed by atoms with van der Waals surface area (Å²) in [7, 11) is 6.29. The van der Waals surface area contributed by atoms with Crippen LogP contribution in [0.5, 0.6) is 11.5 Å². The highest BCUT2D eigenvalue weighted by atomic mass is 35.7. The van der Waals surface area contributed by atoms with Crippen molar-refractivity contribution in [1.29, 1.82) is 0 Å². The molecule has 0 unspecified atom stereocenters. The zero-order chi connectivity index (χ0) is 15.5. The molecule has 4 heteroatoms. The molecule has 0 spiro atoms. The molecule has 22 heavy (non-hydrogen) atoms. The minimum absolute atomic E-state index is 0.0736. The molecule has 0 bridgehead atoms. The summed E-state index contributed by atoms with van der Waals surface area (Å²) in [6.07, 6.45) is 1.97. The minimum Gasteiger partial charge on any atom is -0.493 e. The van der Waals surface area contributed by atoms with E-state index in [1.807, 2.05) is 60.7 Å². The van der Waals surface area contributed by atoms with E-state index in [9.17, 15) is 0 Å². The molecule has 2 rings (SSSR count). The summed E-state index contributed by atoms with van der Waals surface area (Å²) in [6, 6.07) is 19.8. The summed E-state index contributed by atoms with van der Waals surface area (Å²) in [4.78, 5) is 0. The maximum Gasteiger partial charge on any atom is 0.175 e. The Morgan fingerprint density at radius 3 is 1.50 bits per heavy atom. The van der Waals surface area contributed by atoms with E-state index < -0.39 is 0 Å². The highest BCUT2D eigenvalue weighted by Gasteiger charge is 2.14. The molecule has 2 aromatic carbocycles. The lowest BCUT2D eigenvalue weighted by molar-refractivity contribution is 0.317. The molecule has 0 saturated heterocycles. The number of para-hydroxylation sites is 2. The van der Waals surface area contributed by atoms with Crippen LogP contribution in [-0.2, 0) is 10.1 Å². The van der Waals surface area contributed by atoms with Gasteiger partial charge in [0, 0.05) is 12.8 Å². The highest BCUT2D eigenvalue weighted by molar-refractivity contribution is 8.18. The zero-order valence-corrected chi connectivity index (χ0v) is 14.2. The molecule has 2 nitrogen and oxygen atoms in total. The summed E-state index contributed by atoms with van der Waals surface area (Å²) in [6.45, 7) is 1.45. The van der Waals surface area contributed by atoms with Crippen LogP contribution in [0.4, 0.5) is 0 Å². The molecule has 0 aromatic heterocycles. The summed E-state index contributed by atoms with van der Waals surface area (Å²) in [5.41, 5.74) is 0. The number of halogens is 1. The van der Waals surface area contributed by atoms with Gasteiger partial charge in [-0.15, -0.1) is 0 Å². The van der Waals surface area contributed by atoms with Gasteiger partial charge >= 0.3 is 0 Å². The predicted molar refractivity (Wildman–Crippen MR) is 96.1 cm³/mol. The molecule has 0 heterocycles. The smallest absolute Gasteiger partial charge is 0.175 e. The van der Waals surface area contributed by atoms with Crippen molar-refractivity contribution in [2.45, 2.75) is 12.8 Å². The fourth-order valence-electron chi connectivity index (χ4n) is 1.95. The Morgan fingerprint density at radius 1 is 0.682 bits per heavy atom. The normalized spacial score (nSPS) is 10.6. The van der Waals surface area contributed by atoms with E-state index in [1.165, 1.54) is 0 Å². The summed E-state index contributed by atoms with van der Waals surface area (Å²) < 4.78 is 11.3. The van der Waals surface area contributed by atoms with Crippen LogP contribution in [0.2, 0.25) is 0 Å². The standard InChI is InChI=1S/C18H22ClO2S/c19-22(15-7-13-20-17-9-3-1-4-10-17)16-8-14-21-18-11-5-2-6-12-18/h1-6,9-12H,7-8,13-16H2/q+1. The number of rotatable bonds is 10. The maximum absolute atomic E-state index is 6.36. The lowest BCUT2D eigenvalue weighted by atomic mass is 10.3. The Morgan fingerprint density at radius 2 is 1.09 bits per heavy atom. The van der Waals surface area contributed by atoms with Crippen LogP contribution >= 0.6 is 10.7 Å². The van der Waals surface area contributed by atoms with E-state index in [2.05, 4.69) is 0 Å². The van der Waals surface area contributed by atoms with Crippen LogP contribution in [0, 0.1) is 0 Å². The Hall–Kier alpha value is -1.32. The predicted octanol–water partition coefficient (Wildman–Crippen LogP) is 4.70. The number of hydrogen-bond donors (Lipinski definition) is 0. The van der Waals surface area contributed by atoms with Gasteiger partial charge in [0.2, 0.25) is 0 Å². The van der Waals surface area contributed by atoms with E-state index in [1.54, 1.807) is 0 Å². The van der Waals surface area contributed by atoms with E-state index in [-0.39, 0.29) is 10.1 Å². The molecule has 118 valence electrons. The fourth-order valence-corrected chi connectivity index (χ4v) is 3.67. The molecule has 2 aromatic rings. The monoisotopic (exact) mass is 337 g/mol. The maximum atomic E-state index is 6.36. The molecule has 0 aliphatic heterocycles. The quantitative estimate of drug-likeness (QED) is 0.462. The third-order valence-corrected chi connectivity index (χ3v) is 5.43. The second kappa shape index (κ2) is 10.4. The van der Waals surface area contributed by atoms with Crippen LogP contribution in [0.25, 0.3) is 0 Å². The van der Waals surface area contributed by atoms with Gasteiger partial charge in [-0.25, -0.2) is 0 Å². The zero-order valence-electron chi connectivity index (χ0n) is 12.6. The lowest BCUT2D eigenvalue weighted by Gasteiger charge is -2.06. The summed E-state index contributed by atoms with van der Waals surface area (Å²) in [5, 5.41) is 0. The third kappa shape index (κ3) is 7.10. The number of benzene rings is 2. The summed E-state index contributed by atoms with van der Waals surface area (Å²) in [5.74, 6) is 3.85. The van der Waals surface area contributed by atoms with Crippen molar-refractivity contribution in [3.8, 4) is 11.5 Å². The van der Waals surface area contributed by atoms with Crippen molar-refractivity contribution in [3.63, 3.8) is 0 Å². The average molecular weight is 338 g/mol. The fraction of sp³-hybridized carbons (Fsp3) is 0.333. The molecule has 0 atom stereocenters. The lowest BCUT2D eigenvalue weighted by Crippen LogP contribution is -2.11. The second-order valence-corrected chi connectivity index (χ2v) is 7.83. The Labute approximate surface area is 140 Å². The average Bonchev–Trinajstić information content (AvgIpc) is 2.57. The van der Waals surface area contributed by atoms with Crippen LogP contribution < -0.4 is 9.47 Å². The van der Waals surface area contributed by atoms with Gasteiger partial charge in [-0.1, -0.05) is 36.4 Å². The van der Waals surface area contributed by atoms with Crippen LogP contribution in [0.3, 0.4) is 0 Å². The van der Waals surface area contributed by atoms with Gasteiger partial charge in [-0.05, 0) is 24.3 Å². The summed E-state index contributed by atoms with van der Waals surface area (Å²) >= 11 is 0. The van der Waals surface area contributed by atoms with Crippen LogP contribution in [-0.4, -0.2) is 24.7 Å². The topological polar surface area (TPSA) is 18.5 Å². The molecular weight excluding hydrogens is 316 g/mol. The van der Waals surface area contributed by atoms with E-state index in [0.717, 1.165) is 49.1 Å². The molecule has 0 saturated carbocycles. The molecule has 0 aliphatic rings.